The zero-order chi connectivity index (χ0) is 12.5. The van der Waals surface area contributed by atoms with Gasteiger partial charge in [-0.2, -0.15) is 36.4 Å². The van der Waals surface area contributed by atoms with Crippen LogP contribution in [0.25, 0.3) is 0 Å². The van der Waals surface area contributed by atoms with E-state index in [2.05, 4.69) is 6.07 Å². The molecule has 0 aliphatic heterocycles. The van der Waals surface area contributed by atoms with Crippen LogP contribution in [0.4, 0.5) is 0 Å². The van der Waals surface area contributed by atoms with Crippen molar-refractivity contribution in [3.63, 3.8) is 0 Å². The van der Waals surface area contributed by atoms with E-state index in [-0.39, 0.29) is 61.9 Å². The van der Waals surface area contributed by atoms with Gasteiger partial charge in [0.05, 0.1) is 0 Å². The van der Waals surface area contributed by atoms with Crippen molar-refractivity contribution in [2.45, 2.75) is 27.7 Å². The van der Waals surface area contributed by atoms with Gasteiger partial charge in [-0.25, -0.2) is 0 Å². The SMILES string of the molecule is CC.CC.[CH3-].[CH3-].[CH3-].[V+2].[W+2].[c-]1ccccc1.c1ccccc1. The van der Waals surface area contributed by atoms with Gasteiger partial charge in [-0.3, -0.25) is 0 Å². The molecule has 0 nitrogen and oxygen atoms in total. The normalized spacial score (nSPS) is 5.14. The Morgan fingerprint density at radius 3 is 0.762 bits per heavy atom. The van der Waals surface area contributed by atoms with Crippen LogP contribution in [0.3, 0.4) is 0 Å². The molecule has 119 valence electrons. The molecule has 0 heterocycles. The Hall–Kier alpha value is -0.287. The average Bonchev–Trinajstić information content (AvgIpc) is 2.48. The van der Waals surface area contributed by atoms with Crippen molar-refractivity contribution in [2.75, 3.05) is 0 Å². The predicted molar refractivity (Wildman–Crippen MR) is 93.7 cm³/mol. The Bertz CT molecular complexity index is 187. The molecule has 1 radical (unpaired) electrons. The van der Waals surface area contributed by atoms with Crippen molar-refractivity contribution in [1.29, 1.82) is 0 Å². The Balaban J connectivity index is -0.0000000253. The maximum atomic E-state index is 2.89. The summed E-state index contributed by atoms with van der Waals surface area (Å²) in [5, 5.41) is 0. The Labute approximate surface area is 161 Å². The Kier molecular flexibility index (Phi) is 103. The van der Waals surface area contributed by atoms with Crippen LogP contribution in [-0.2, 0) is 39.6 Å². The molecule has 2 aromatic carbocycles. The number of hydrogen-bond acceptors (Lipinski definition) is 0. The van der Waals surface area contributed by atoms with Crippen molar-refractivity contribution in [2.24, 2.45) is 0 Å². The average molecular weight is 495 g/mol. The predicted octanol–water partition coefficient (Wildman–Crippen LogP) is 6.57. The third kappa shape index (κ3) is 45.1. The van der Waals surface area contributed by atoms with Crippen molar-refractivity contribution in [1.82, 2.24) is 0 Å². The van der Waals surface area contributed by atoms with Crippen molar-refractivity contribution in [3.05, 3.63) is 95.1 Å². The maximum absolute atomic E-state index is 2.89. The molecule has 0 unspecified atom stereocenters. The molecule has 0 fully saturated rings. The van der Waals surface area contributed by atoms with Crippen LogP contribution >= 0.6 is 0 Å². The van der Waals surface area contributed by atoms with Crippen LogP contribution in [0.5, 0.6) is 0 Å². The van der Waals surface area contributed by atoms with Crippen LogP contribution in [0.2, 0.25) is 0 Å². The van der Waals surface area contributed by atoms with Gasteiger partial charge in [-0.05, 0) is 0 Å². The maximum Gasteiger partial charge on any atom is 2.00 e. The second kappa shape index (κ2) is 50.3. The third-order valence-corrected chi connectivity index (χ3v) is 1.27. The summed E-state index contributed by atoms with van der Waals surface area (Å²) in [4.78, 5) is 0. The van der Waals surface area contributed by atoms with Gasteiger partial charge in [-0.1, -0.05) is 64.1 Å². The molecule has 0 spiro atoms. The largest absolute Gasteiger partial charge is 2.00 e. The van der Waals surface area contributed by atoms with E-state index >= 15 is 0 Å². The molecular formula is C19H32VW. The smallest absolute Gasteiger partial charge is 0.358 e. The fourth-order valence-corrected chi connectivity index (χ4v) is 0.727. The van der Waals surface area contributed by atoms with E-state index < -0.39 is 0 Å². The van der Waals surface area contributed by atoms with Crippen molar-refractivity contribution < 1.29 is 39.6 Å². The second-order valence-corrected chi connectivity index (χ2v) is 2.23. The third-order valence-electron chi connectivity index (χ3n) is 1.27. The van der Waals surface area contributed by atoms with Crippen LogP contribution < -0.4 is 0 Å². The zero-order valence-electron chi connectivity index (χ0n) is 14.7. The van der Waals surface area contributed by atoms with E-state index in [0.29, 0.717) is 0 Å². The minimum absolute atomic E-state index is 0. The molecular weight excluding hydrogens is 463 g/mol. The van der Waals surface area contributed by atoms with Gasteiger partial charge in [0.15, 0.2) is 0 Å². The van der Waals surface area contributed by atoms with E-state index in [0.717, 1.165) is 0 Å². The summed E-state index contributed by atoms with van der Waals surface area (Å²) in [5.74, 6) is 0. The minimum Gasteiger partial charge on any atom is -0.358 e. The first-order chi connectivity index (χ1) is 8.00. The fourth-order valence-electron chi connectivity index (χ4n) is 0.727. The molecule has 2 heteroatoms. The van der Waals surface area contributed by atoms with Crippen LogP contribution in [0, 0.1) is 28.3 Å². The summed E-state index contributed by atoms with van der Waals surface area (Å²) in [6, 6.07) is 24.5. The Morgan fingerprint density at radius 1 is 0.476 bits per heavy atom. The van der Waals surface area contributed by atoms with Crippen LogP contribution in [0.15, 0.2) is 66.7 Å². The summed E-state index contributed by atoms with van der Waals surface area (Å²) < 4.78 is 0. The van der Waals surface area contributed by atoms with E-state index in [1.165, 1.54) is 0 Å². The molecule has 0 saturated carbocycles. The summed E-state index contributed by atoms with van der Waals surface area (Å²) in [6.07, 6.45) is 0. The number of hydrogen-bond donors (Lipinski definition) is 0. The molecule has 0 aromatic heterocycles. The van der Waals surface area contributed by atoms with Gasteiger partial charge >= 0.3 is 39.6 Å². The monoisotopic (exact) mass is 495 g/mol. The van der Waals surface area contributed by atoms with E-state index in [1.54, 1.807) is 0 Å². The molecule has 0 amide bonds. The van der Waals surface area contributed by atoms with E-state index in [4.69, 9.17) is 0 Å². The van der Waals surface area contributed by atoms with Gasteiger partial charge in [0.25, 0.3) is 0 Å². The molecule has 0 aliphatic rings. The zero-order valence-corrected chi connectivity index (χ0v) is 19.0. The molecule has 0 saturated heterocycles. The number of rotatable bonds is 0. The Morgan fingerprint density at radius 2 is 0.667 bits per heavy atom. The molecule has 0 bridgehead atoms. The van der Waals surface area contributed by atoms with Crippen LogP contribution in [-0.4, -0.2) is 0 Å². The van der Waals surface area contributed by atoms with Gasteiger partial charge in [-0.15, -0.1) is 0 Å². The molecule has 0 aliphatic carbocycles. The second-order valence-electron chi connectivity index (χ2n) is 2.23. The molecule has 2 aromatic rings. The first-order valence-electron chi connectivity index (χ1n) is 5.91. The first kappa shape index (κ1) is 42.8. The van der Waals surface area contributed by atoms with Gasteiger partial charge in [0.1, 0.15) is 0 Å². The standard InChI is InChI=1S/C6H6.C6H5.2C2H6.3CH3.V.W/c2*1-2-4-6-5-3-1;2*1-2;;;;;/h1-6H;1-5H;2*1-2H3;3*1H3;;/q;-1;;;3*-1;2*+2. The minimum atomic E-state index is 0. The van der Waals surface area contributed by atoms with Gasteiger partial charge in [0.2, 0.25) is 0 Å². The molecule has 0 N–H and O–H groups in total. The fraction of sp³-hybridized carbons (Fsp3) is 0.211. The van der Waals surface area contributed by atoms with E-state index in [9.17, 15) is 0 Å². The van der Waals surface area contributed by atoms with Crippen molar-refractivity contribution >= 4 is 0 Å². The first-order valence-corrected chi connectivity index (χ1v) is 5.91. The van der Waals surface area contributed by atoms with Gasteiger partial charge < -0.3 is 22.3 Å². The van der Waals surface area contributed by atoms with E-state index in [1.807, 2.05) is 94.4 Å². The number of benzene rings is 2. The van der Waals surface area contributed by atoms with Crippen LogP contribution in [0.1, 0.15) is 27.7 Å². The van der Waals surface area contributed by atoms with Gasteiger partial charge in [0, 0.05) is 0 Å². The van der Waals surface area contributed by atoms with Crippen molar-refractivity contribution in [3.8, 4) is 0 Å². The quantitative estimate of drug-likeness (QED) is 0.363. The topological polar surface area (TPSA) is 0 Å². The summed E-state index contributed by atoms with van der Waals surface area (Å²) in [5.41, 5.74) is 0. The summed E-state index contributed by atoms with van der Waals surface area (Å²) in [7, 11) is 0. The molecule has 2 rings (SSSR count). The molecule has 0 atom stereocenters. The summed E-state index contributed by atoms with van der Waals surface area (Å²) >= 11 is 0. The molecule has 21 heavy (non-hydrogen) atoms. The summed E-state index contributed by atoms with van der Waals surface area (Å²) in [6.45, 7) is 8.00.